The summed E-state index contributed by atoms with van der Waals surface area (Å²) in [6.07, 6.45) is 2.43. The Balaban J connectivity index is 2.88. The number of carboxylic acid groups (broad SMARTS) is 1. The Hall–Kier alpha value is -1.43. The van der Waals surface area contributed by atoms with Crippen LogP contribution in [0.1, 0.15) is 38.5 Å². The van der Waals surface area contributed by atoms with Crippen LogP contribution in [0.25, 0.3) is 0 Å². The molecular weight excluding hydrogens is 226 g/mol. The molecule has 0 aromatic carbocycles. The zero-order chi connectivity index (χ0) is 12.8. The minimum absolute atomic E-state index is 0.118. The lowest BCUT2D eigenvalue weighted by Crippen LogP contribution is -2.49. The largest absolute Gasteiger partial charge is 0.480 e. The van der Waals surface area contributed by atoms with E-state index in [1.54, 1.807) is 0 Å². The third-order valence-corrected chi connectivity index (χ3v) is 2.82. The molecule has 0 bridgehead atoms. The molecule has 96 valence electrons. The average molecular weight is 243 g/mol. The molecule has 1 aliphatic heterocycles. The highest BCUT2D eigenvalue weighted by Gasteiger charge is 2.34. The molecule has 0 aliphatic carbocycles. The predicted octanol–water partition coefficient (Wildman–Crippen LogP) is 0.141. The van der Waals surface area contributed by atoms with Crippen molar-refractivity contribution in [2.24, 2.45) is 0 Å². The molecule has 6 nitrogen and oxygen atoms in total. The van der Waals surface area contributed by atoms with Crippen molar-refractivity contribution in [1.82, 2.24) is 4.90 Å². The molecule has 0 spiro atoms. The van der Waals surface area contributed by atoms with Gasteiger partial charge in [-0.1, -0.05) is 6.42 Å². The number of carbonyl (C=O) groups is 3. The summed E-state index contributed by atoms with van der Waals surface area (Å²) in [5, 5.41) is 17.8. The fourth-order valence-corrected chi connectivity index (χ4v) is 1.94. The van der Waals surface area contributed by atoms with Crippen LogP contribution in [-0.4, -0.2) is 45.5 Å². The first kappa shape index (κ1) is 13.6. The third kappa shape index (κ3) is 3.52. The van der Waals surface area contributed by atoms with Gasteiger partial charge in [0.15, 0.2) is 0 Å². The maximum Gasteiger partial charge on any atom is 0.327 e. The number of carbonyl (C=O) groups excluding carboxylic acids is 2. The molecule has 0 saturated carbocycles. The van der Waals surface area contributed by atoms with Crippen molar-refractivity contribution >= 4 is 17.8 Å². The number of likely N-dealkylation sites (tertiary alicyclic amines) is 1. The van der Waals surface area contributed by atoms with Crippen molar-refractivity contribution in [2.45, 2.75) is 44.6 Å². The number of carboxylic acids is 1. The molecule has 2 amide bonds. The molecule has 1 aliphatic rings. The van der Waals surface area contributed by atoms with Crippen molar-refractivity contribution in [1.29, 1.82) is 0 Å². The van der Waals surface area contributed by atoms with Crippen molar-refractivity contribution < 1.29 is 24.6 Å². The van der Waals surface area contributed by atoms with E-state index in [9.17, 15) is 14.4 Å². The molecule has 6 heteroatoms. The standard InChI is InChI=1S/C11H17NO5/c13-7-6-8(11(16)17)12-9(14)4-2-1-3-5-10(12)15/h8,13H,1-7H2,(H,16,17)/t8-/m0/s1. The van der Waals surface area contributed by atoms with E-state index in [1.165, 1.54) is 0 Å². The maximum absolute atomic E-state index is 11.8. The topological polar surface area (TPSA) is 94.9 Å². The van der Waals surface area contributed by atoms with Crippen LogP contribution in [0.15, 0.2) is 0 Å². The Bertz CT molecular complexity index is 297. The lowest BCUT2D eigenvalue weighted by atomic mass is 10.0. The molecule has 0 aromatic heterocycles. The van der Waals surface area contributed by atoms with Gasteiger partial charge in [-0.25, -0.2) is 4.79 Å². The van der Waals surface area contributed by atoms with Crippen LogP contribution in [0.3, 0.4) is 0 Å². The van der Waals surface area contributed by atoms with E-state index < -0.39 is 23.8 Å². The van der Waals surface area contributed by atoms with Gasteiger partial charge >= 0.3 is 5.97 Å². The lowest BCUT2D eigenvalue weighted by molar-refractivity contribution is -0.159. The van der Waals surface area contributed by atoms with Gasteiger partial charge in [0.1, 0.15) is 6.04 Å². The van der Waals surface area contributed by atoms with E-state index in [-0.39, 0.29) is 25.9 Å². The molecule has 1 atom stereocenters. The number of aliphatic hydroxyl groups excluding tert-OH is 1. The van der Waals surface area contributed by atoms with E-state index in [0.717, 1.165) is 11.3 Å². The van der Waals surface area contributed by atoms with Crippen LogP contribution in [0.2, 0.25) is 0 Å². The first-order valence-corrected chi connectivity index (χ1v) is 5.76. The Kier molecular flexibility index (Phi) is 5.09. The Morgan fingerprint density at radius 2 is 1.71 bits per heavy atom. The average Bonchev–Trinajstić information content (AvgIpc) is 2.25. The normalized spacial score (nSPS) is 19.7. The number of rotatable bonds is 4. The van der Waals surface area contributed by atoms with Crippen LogP contribution < -0.4 is 0 Å². The van der Waals surface area contributed by atoms with E-state index in [0.29, 0.717) is 12.8 Å². The summed E-state index contributed by atoms with van der Waals surface area (Å²) in [6, 6.07) is -1.24. The van der Waals surface area contributed by atoms with E-state index >= 15 is 0 Å². The van der Waals surface area contributed by atoms with E-state index in [4.69, 9.17) is 10.2 Å². The van der Waals surface area contributed by atoms with Gasteiger partial charge in [0, 0.05) is 25.9 Å². The van der Waals surface area contributed by atoms with Crippen LogP contribution >= 0.6 is 0 Å². The second kappa shape index (κ2) is 6.34. The minimum atomic E-state index is -1.25. The van der Waals surface area contributed by atoms with Crippen LogP contribution in [0, 0.1) is 0 Å². The van der Waals surface area contributed by atoms with Gasteiger partial charge in [0.05, 0.1) is 0 Å². The van der Waals surface area contributed by atoms with Crippen LogP contribution in [-0.2, 0) is 14.4 Å². The number of aliphatic hydroxyl groups is 1. The summed E-state index contributed by atoms with van der Waals surface area (Å²) in [7, 11) is 0. The fourth-order valence-electron chi connectivity index (χ4n) is 1.94. The maximum atomic E-state index is 11.8. The quantitative estimate of drug-likeness (QED) is 0.685. The van der Waals surface area contributed by atoms with Gasteiger partial charge < -0.3 is 10.2 Å². The molecule has 1 rings (SSSR count). The summed E-state index contributed by atoms with van der Waals surface area (Å²) in [6.45, 7) is -0.367. The van der Waals surface area contributed by atoms with Gasteiger partial charge in [-0.05, 0) is 12.8 Å². The van der Waals surface area contributed by atoms with Crippen LogP contribution in [0.4, 0.5) is 0 Å². The number of aliphatic carboxylic acids is 1. The predicted molar refractivity (Wildman–Crippen MR) is 58.1 cm³/mol. The van der Waals surface area contributed by atoms with Crippen molar-refractivity contribution in [3.63, 3.8) is 0 Å². The molecule has 1 heterocycles. The second-order valence-electron chi connectivity index (χ2n) is 4.08. The van der Waals surface area contributed by atoms with Crippen molar-refractivity contribution in [3.05, 3.63) is 0 Å². The summed E-state index contributed by atoms with van der Waals surface area (Å²) in [5.74, 6) is -2.15. The molecule has 0 radical (unpaired) electrons. The Morgan fingerprint density at radius 3 is 2.12 bits per heavy atom. The van der Waals surface area contributed by atoms with Gasteiger partial charge in [-0.3, -0.25) is 14.5 Å². The second-order valence-corrected chi connectivity index (χ2v) is 4.08. The molecule has 2 N–H and O–H groups in total. The zero-order valence-electron chi connectivity index (χ0n) is 9.59. The highest BCUT2D eigenvalue weighted by Crippen LogP contribution is 2.17. The smallest absolute Gasteiger partial charge is 0.327 e. The first-order chi connectivity index (χ1) is 8.07. The molecule has 1 saturated heterocycles. The number of imide groups is 1. The summed E-state index contributed by atoms with van der Waals surface area (Å²) < 4.78 is 0. The molecule has 1 fully saturated rings. The molecule has 0 unspecified atom stereocenters. The van der Waals surface area contributed by atoms with Gasteiger partial charge in [0.2, 0.25) is 11.8 Å². The molecule has 17 heavy (non-hydrogen) atoms. The first-order valence-electron chi connectivity index (χ1n) is 5.76. The monoisotopic (exact) mass is 243 g/mol. The van der Waals surface area contributed by atoms with Crippen LogP contribution in [0.5, 0.6) is 0 Å². The van der Waals surface area contributed by atoms with E-state index in [1.807, 2.05) is 0 Å². The Labute approximate surface area is 99.2 Å². The van der Waals surface area contributed by atoms with Gasteiger partial charge in [-0.15, -0.1) is 0 Å². The minimum Gasteiger partial charge on any atom is -0.480 e. The summed E-state index contributed by atoms with van der Waals surface area (Å²) in [4.78, 5) is 35.4. The number of nitrogens with zero attached hydrogens (tertiary/aromatic N) is 1. The molecule has 0 aromatic rings. The summed E-state index contributed by atoms with van der Waals surface area (Å²) in [5.41, 5.74) is 0. The third-order valence-electron chi connectivity index (χ3n) is 2.82. The fraction of sp³-hybridized carbons (Fsp3) is 0.727. The van der Waals surface area contributed by atoms with Crippen molar-refractivity contribution in [2.75, 3.05) is 6.61 Å². The van der Waals surface area contributed by atoms with Crippen molar-refractivity contribution in [3.8, 4) is 0 Å². The van der Waals surface area contributed by atoms with E-state index in [2.05, 4.69) is 0 Å². The zero-order valence-corrected chi connectivity index (χ0v) is 9.59. The highest BCUT2D eigenvalue weighted by atomic mass is 16.4. The lowest BCUT2D eigenvalue weighted by Gasteiger charge is -2.28. The van der Waals surface area contributed by atoms with Gasteiger partial charge in [0.25, 0.3) is 0 Å². The highest BCUT2D eigenvalue weighted by molar-refractivity contribution is 5.99. The Morgan fingerprint density at radius 1 is 1.18 bits per heavy atom. The number of hydrogen-bond acceptors (Lipinski definition) is 4. The molecular formula is C11H17NO5. The SMILES string of the molecule is O=C(O)[C@H](CCO)N1C(=O)CCCCCC1=O. The number of hydrogen-bond donors (Lipinski definition) is 2. The van der Waals surface area contributed by atoms with Gasteiger partial charge in [-0.2, -0.15) is 0 Å². The summed E-state index contributed by atoms with van der Waals surface area (Å²) >= 11 is 0. The number of amides is 2.